The van der Waals surface area contributed by atoms with Crippen molar-refractivity contribution in [2.24, 2.45) is 0 Å². The average Bonchev–Trinajstić information content (AvgIpc) is 3.26. The van der Waals surface area contributed by atoms with E-state index in [0.29, 0.717) is 0 Å². The van der Waals surface area contributed by atoms with Gasteiger partial charge >= 0.3 is 0 Å². The van der Waals surface area contributed by atoms with Crippen LogP contribution < -0.4 is 14.2 Å². The second-order valence-corrected chi connectivity index (χ2v) is 7.62. The number of para-hydroxylation sites is 1. The molecule has 0 radical (unpaired) electrons. The van der Waals surface area contributed by atoms with E-state index in [4.69, 9.17) is 14.2 Å². The number of thioether (sulfide) groups is 1. The molecule has 158 valence electrons. The molecule has 0 saturated carbocycles. The van der Waals surface area contributed by atoms with Crippen molar-refractivity contribution < 1.29 is 14.2 Å². The highest BCUT2D eigenvalue weighted by atomic mass is 32.2. The predicted octanol–water partition coefficient (Wildman–Crippen LogP) is 5.25. The molecule has 7 heteroatoms. The summed E-state index contributed by atoms with van der Waals surface area (Å²) in [7, 11) is 4.98. The van der Waals surface area contributed by atoms with Gasteiger partial charge in [-0.25, -0.2) is 0 Å². The maximum absolute atomic E-state index is 5.57. The fourth-order valence-corrected chi connectivity index (χ4v) is 4.11. The predicted molar refractivity (Wildman–Crippen MR) is 122 cm³/mol. The summed E-state index contributed by atoms with van der Waals surface area (Å²) < 4.78 is 18.2. The molecule has 0 N–H and O–H groups in total. The smallest absolute Gasteiger partial charge is 0.196 e. The summed E-state index contributed by atoms with van der Waals surface area (Å²) in [6, 6.07) is 23.7. The highest BCUT2D eigenvalue weighted by Crippen LogP contribution is 2.34. The van der Waals surface area contributed by atoms with E-state index in [1.54, 1.807) is 33.1 Å². The van der Waals surface area contributed by atoms with Gasteiger partial charge in [-0.3, -0.25) is 4.57 Å². The number of aromatic nitrogens is 3. The molecule has 1 aromatic heterocycles. The molecule has 31 heavy (non-hydrogen) atoms. The van der Waals surface area contributed by atoms with E-state index in [0.717, 1.165) is 45.2 Å². The Kier molecular flexibility index (Phi) is 6.43. The van der Waals surface area contributed by atoms with Gasteiger partial charge < -0.3 is 14.2 Å². The summed E-state index contributed by atoms with van der Waals surface area (Å²) in [5.41, 5.74) is 3.00. The molecule has 1 heterocycles. The van der Waals surface area contributed by atoms with Crippen molar-refractivity contribution in [1.82, 2.24) is 14.8 Å². The molecule has 0 saturated heterocycles. The number of methoxy groups -OCH3 is 3. The normalized spacial score (nSPS) is 10.7. The minimum absolute atomic E-state index is 0.722. The quantitative estimate of drug-likeness (QED) is 0.354. The topological polar surface area (TPSA) is 58.4 Å². The molecule has 0 aliphatic carbocycles. The summed E-state index contributed by atoms with van der Waals surface area (Å²) in [6.07, 6.45) is 0. The van der Waals surface area contributed by atoms with Gasteiger partial charge in [0.05, 0.1) is 32.6 Å². The lowest BCUT2D eigenvalue weighted by molar-refractivity contribution is 0.414. The van der Waals surface area contributed by atoms with E-state index in [1.807, 2.05) is 65.2 Å². The minimum atomic E-state index is 0.722. The van der Waals surface area contributed by atoms with Crippen LogP contribution in [0.1, 0.15) is 5.56 Å². The first-order valence-corrected chi connectivity index (χ1v) is 10.7. The van der Waals surface area contributed by atoms with Crippen molar-refractivity contribution in [2.75, 3.05) is 21.3 Å². The molecule has 4 rings (SSSR count). The van der Waals surface area contributed by atoms with Crippen molar-refractivity contribution in [1.29, 1.82) is 0 Å². The van der Waals surface area contributed by atoms with Gasteiger partial charge in [0.2, 0.25) is 0 Å². The Hall–Kier alpha value is -3.45. The molecule has 6 nitrogen and oxygen atoms in total. The van der Waals surface area contributed by atoms with Crippen LogP contribution in [-0.2, 0) is 5.75 Å². The molecule has 3 aromatic carbocycles. The first kappa shape index (κ1) is 20.8. The molecule has 0 aliphatic rings. The highest BCUT2D eigenvalue weighted by Gasteiger charge is 2.19. The summed E-state index contributed by atoms with van der Waals surface area (Å²) in [6.45, 7) is 0. The van der Waals surface area contributed by atoms with Crippen LogP contribution in [0.2, 0.25) is 0 Å². The Morgan fingerprint density at radius 3 is 2.03 bits per heavy atom. The van der Waals surface area contributed by atoms with Crippen LogP contribution in [0.5, 0.6) is 17.2 Å². The summed E-state index contributed by atoms with van der Waals surface area (Å²) in [5, 5.41) is 9.81. The molecule has 4 aromatic rings. The van der Waals surface area contributed by atoms with Gasteiger partial charge in [0.1, 0.15) is 17.2 Å². The summed E-state index contributed by atoms with van der Waals surface area (Å²) in [4.78, 5) is 0. The summed E-state index contributed by atoms with van der Waals surface area (Å²) >= 11 is 1.62. The Balaban J connectivity index is 1.72. The minimum Gasteiger partial charge on any atom is -0.497 e. The van der Waals surface area contributed by atoms with Crippen LogP contribution in [-0.4, -0.2) is 36.1 Å². The van der Waals surface area contributed by atoms with Crippen molar-refractivity contribution >= 4 is 11.8 Å². The Bertz CT molecular complexity index is 1140. The van der Waals surface area contributed by atoms with Crippen molar-refractivity contribution in [3.05, 3.63) is 78.4 Å². The third-order valence-corrected chi connectivity index (χ3v) is 5.84. The fourth-order valence-electron chi connectivity index (χ4n) is 3.20. The van der Waals surface area contributed by atoms with Gasteiger partial charge in [0.15, 0.2) is 11.0 Å². The van der Waals surface area contributed by atoms with Crippen molar-refractivity contribution in [2.45, 2.75) is 10.9 Å². The number of benzene rings is 3. The maximum atomic E-state index is 5.57. The third kappa shape index (κ3) is 4.51. The van der Waals surface area contributed by atoms with Crippen LogP contribution in [0.25, 0.3) is 17.1 Å². The molecular formula is C24H23N3O3S. The van der Waals surface area contributed by atoms with Crippen LogP contribution in [0, 0.1) is 0 Å². The number of hydrogen-bond acceptors (Lipinski definition) is 6. The Morgan fingerprint density at radius 1 is 0.742 bits per heavy atom. The zero-order valence-electron chi connectivity index (χ0n) is 17.6. The largest absolute Gasteiger partial charge is 0.497 e. The molecule has 0 bridgehead atoms. The lowest BCUT2D eigenvalue weighted by Crippen LogP contribution is -2.01. The van der Waals surface area contributed by atoms with E-state index >= 15 is 0 Å². The van der Waals surface area contributed by atoms with Crippen LogP contribution in [0.15, 0.2) is 78.0 Å². The second-order valence-electron chi connectivity index (χ2n) is 6.68. The van der Waals surface area contributed by atoms with Crippen LogP contribution in [0.4, 0.5) is 0 Å². The van der Waals surface area contributed by atoms with E-state index in [9.17, 15) is 0 Å². The number of hydrogen-bond donors (Lipinski definition) is 0. The zero-order chi connectivity index (χ0) is 21.6. The molecule has 0 aliphatic heterocycles. The first-order valence-electron chi connectivity index (χ1n) is 9.72. The Labute approximate surface area is 185 Å². The molecule has 0 amide bonds. The maximum Gasteiger partial charge on any atom is 0.196 e. The zero-order valence-corrected chi connectivity index (χ0v) is 18.4. The molecular weight excluding hydrogens is 410 g/mol. The fraction of sp³-hybridized carbons (Fsp3) is 0.167. The SMILES string of the molecule is COc1ccc(CSc2nnc(-c3ccccc3OC)n2-c2ccc(OC)cc2)cc1. The molecule has 0 spiro atoms. The third-order valence-electron chi connectivity index (χ3n) is 4.84. The average molecular weight is 434 g/mol. The number of nitrogens with zero attached hydrogens (tertiary/aromatic N) is 3. The standard InChI is InChI=1S/C24H23N3O3S/c1-28-19-12-8-17(9-13-19)16-31-24-26-25-23(21-6-4-5-7-22(21)30-3)27(24)18-10-14-20(29-2)15-11-18/h4-15H,16H2,1-3H3. The Morgan fingerprint density at radius 2 is 1.39 bits per heavy atom. The molecule has 0 fully saturated rings. The number of ether oxygens (including phenoxy) is 3. The van der Waals surface area contributed by atoms with Crippen LogP contribution >= 0.6 is 11.8 Å². The van der Waals surface area contributed by atoms with Crippen LogP contribution in [0.3, 0.4) is 0 Å². The monoisotopic (exact) mass is 433 g/mol. The first-order chi connectivity index (χ1) is 15.2. The van der Waals surface area contributed by atoms with E-state index < -0.39 is 0 Å². The van der Waals surface area contributed by atoms with E-state index in [-0.39, 0.29) is 0 Å². The van der Waals surface area contributed by atoms with Gasteiger partial charge in [-0.05, 0) is 54.1 Å². The lowest BCUT2D eigenvalue weighted by atomic mass is 10.2. The molecule has 0 atom stereocenters. The van der Waals surface area contributed by atoms with Gasteiger partial charge in [-0.1, -0.05) is 36.0 Å². The number of rotatable bonds is 8. The van der Waals surface area contributed by atoms with Crippen molar-refractivity contribution in [3.63, 3.8) is 0 Å². The van der Waals surface area contributed by atoms with Gasteiger partial charge in [-0.15, -0.1) is 10.2 Å². The highest BCUT2D eigenvalue weighted by molar-refractivity contribution is 7.98. The van der Waals surface area contributed by atoms with E-state index in [1.165, 1.54) is 5.56 Å². The lowest BCUT2D eigenvalue weighted by Gasteiger charge is -2.13. The molecule has 0 unspecified atom stereocenters. The van der Waals surface area contributed by atoms with Gasteiger partial charge in [0.25, 0.3) is 0 Å². The second kappa shape index (κ2) is 9.57. The van der Waals surface area contributed by atoms with Gasteiger partial charge in [0, 0.05) is 5.75 Å². The van der Waals surface area contributed by atoms with E-state index in [2.05, 4.69) is 22.3 Å². The summed E-state index contributed by atoms with van der Waals surface area (Å²) in [5.74, 6) is 3.86. The van der Waals surface area contributed by atoms with Gasteiger partial charge in [-0.2, -0.15) is 0 Å². The van der Waals surface area contributed by atoms with Crippen molar-refractivity contribution in [3.8, 4) is 34.3 Å².